The Bertz CT molecular complexity index is 508. The maximum Gasteiger partial charge on any atom is 0.422 e. The van der Waals surface area contributed by atoms with Crippen molar-refractivity contribution in [2.45, 2.75) is 6.18 Å². The van der Waals surface area contributed by atoms with Crippen LogP contribution in [0.2, 0.25) is 0 Å². The molecule has 0 unspecified atom stereocenters. The number of rotatable bonds is 2. The van der Waals surface area contributed by atoms with Crippen molar-refractivity contribution in [1.29, 1.82) is 5.41 Å². The Balaban J connectivity index is 2.21. The van der Waals surface area contributed by atoms with Gasteiger partial charge >= 0.3 is 6.18 Å². The number of fused-ring (bicyclic) bond motifs is 1. The molecule has 0 bridgehead atoms. The summed E-state index contributed by atoms with van der Waals surface area (Å²) in [4.78, 5) is 3.71. The quantitative estimate of drug-likeness (QED) is 0.829. The van der Waals surface area contributed by atoms with Gasteiger partial charge < -0.3 is 10.5 Å². The van der Waals surface area contributed by atoms with Gasteiger partial charge in [-0.2, -0.15) is 13.2 Å². The Hall–Kier alpha value is -2.05. The van der Waals surface area contributed by atoms with Gasteiger partial charge in [0.05, 0.1) is 0 Å². The highest BCUT2D eigenvalue weighted by Crippen LogP contribution is 2.24. The van der Waals surface area contributed by atoms with Crippen LogP contribution >= 0.6 is 0 Å². The molecule has 0 aliphatic carbocycles. The van der Waals surface area contributed by atoms with E-state index in [2.05, 4.69) is 9.73 Å². The second kappa shape index (κ2) is 3.76. The number of hydrogen-bond acceptors (Lipinski definition) is 3. The first kappa shape index (κ1) is 11.4. The van der Waals surface area contributed by atoms with Crippen molar-refractivity contribution in [3.05, 3.63) is 29.3 Å². The van der Waals surface area contributed by atoms with E-state index in [-0.39, 0.29) is 17.4 Å². The summed E-state index contributed by atoms with van der Waals surface area (Å²) >= 11 is 0. The summed E-state index contributed by atoms with van der Waals surface area (Å²) in [5.41, 5.74) is 6.43. The number of nitrogens with zero attached hydrogens (tertiary/aromatic N) is 1. The average molecular weight is 243 g/mol. The maximum absolute atomic E-state index is 11.9. The first-order valence-electron chi connectivity index (χ1n) is 4.64. The van der Waals surface area contributed by atoms with E-state index in [9.17, 15) is 13.2 Å². The van der Waals surface area contributed by atoms with Crippen LogP contribution in [0.15, 0.2) is 23.2 Å². The zero-order chi connectivity index (χ0) is 12.6. The number of amidine groups is 2. The topological polar surface area (TPSA) is 71.5 Å². The fourth-order valence-corrected chi connectivity index (χ4v) is 1.44. The summed E-state index contributed by atoms with van der Waals surface area (Å²) < 4.78 is 40.4. The Kier molecular flexibility index (Phi) is 2.53. The van der Waals surface area contributed by atoms with Crippen LogP contribution in [0, 0.1) is 5.41 Å². The SMILES string of the molecule is N=C1N=C(N)c2cc(OCC(F)(F)F)ccc21. The minimum absolute atomic E-state index is 0.000119. The number of benzene rings is 1. The largest absolute Gasteiger partial charge is 0.484 e. The molecule has 0 saturated heterocycles. The first-order valence-corrected chi connectivity index (χ1v) is 4.64. The minimum atomic E-state index is -4.38. The van der Waals surface area contributed by atoms with Gasteiger partial charge in [0.2, 0.25) is 0 Å². The molecule has 0 spiro atoms. The fraction of sp³-hybridized carbons (Fsp3) is 0.200. The summed E-state index contributed by atoms with van der Waals surface area (Å²) in [7, 11) is 0. The van der Waals surface area contributed by atoms with E-state index >= 15 is 0 Å². The van der Waals surface area contributed by atoms with Crippen LogP contribution in [0.1, 0.15) is 11.1 Å². The fourth-order valence-electron chi connectivity index (χ4n) is 1.44. The molecular weight excluding hydrogens is 235 g/mol. The van der Waals surface area contributed by atoms with Gasteiger partial charge in [0.15, 0.2) is 12.4 Å². The molecule has 17 heavy (non-hydrogen) atoms. The maximum atomic E-state index is 11.9. The minimum Gasteiger partial charge on any atom is -0.484 e. The molecule has 1 aromatic rings. The van der Waals surface area contributed by atoms with Gasteiger partial charge in [0.1, 0.15) is 11.6 Å². The molecule has 3 N–H and O–H groups in total. The molecule has 1 aliphatic heterocycles. The van der Waals surface area contributed by atoms with Crippen molar-refractivity contribution >= 4 is 11.7 Å². The number of nitrogens with two attached hydrogens (primary N) is 1. The monoisotopic (exact) mass is 243 g/mol. The van der Waals surface area contributed by atoms with E-state index in [4.69, 9.17) is 11.1 Å². The van der Waals surface area contributed by atoms with Gasteiger partial charge in [-0.15, -0.1) is 0 Å². The number of ether oxygens (including phenoxy) is 1. The van der Waals surface area contributed by atoms with Crippen LogP contribution in [0.25, 0.3) is 0 Å². The van der Waals surface area contributed by atoms with E-state index < -0.39 is 12.8 Å². The molecule has 0 saturated carbocycles. The number of hydrogen-bond donors (Lipinski definition) is 2. The third-order valence-corrected chi connectivity index (χ3v) is 2.16. The van der Waals surface area contributed by atoms with Crippen molar-refractivity contribution in [3.8, 4) is 5.75 Å². The van der Waals surface area contributed by atoms with Crippen molar-refractivity contribution < 1.29 is 17.9 Å². The van der Waals surface area contributed by atoms with Crippen molar-refractivity contribution in [3.63, 3.8) is 0 Å². The van der Waals surface area contributed by atoms with Crippen LogP contribution in [-0.2, 0) is 0 Å². The number of aliphatic imine (C=N–C) groups is 1. The van der Waals surface area contributed by atoms with Gasteiger partial charge in [-0.3, -0.25) is 5.41 Å². The third-order valence-electron chi connectivity index (χ3n) is 2.16. The lowest BCUT2D eigenvalue weighted by molar-refractivity contribution is -0.153. The lowest BCUT2D eigenvalue weighted by Gasteiger charge is -2.10. The zero-order valence-corrected chi connectivity index (χ0v) is 8.51. The highest BCUT2D eigenvalue weighted by molar-refractivity contribution is 6.20. The number of halogens is 3. The van der Waals surface area contributed by atoms with Gasteiger partial charge in [-0.05, 0) is 18.2 Å². The third kappa shape index (κ3) is 2.38. The summed E-state index contributed by atoms with van der Waals surface area (Å²) in [5, 5.41) is 7.44. The lowest BCUT2D eigenvalue weighted by atomic mass is 10.1. The predicted molar refractivity (Wildman–Crippen MR) is 55.5 cm³/mol. The molecular formula is C10H8F3N3O. The van der Waals surface area contributed by atoms with Crippen molar-refractivity contribution in [2.75, 3.05) is 6.61 Å². The predicted octanol–water partition coefficient (Wildman–Crippen LogP) is 1.67. The molecule has 1 aromatic carbocycles. The molecule has 4 nitrogen and oxygen atoms in total. The van der Waals surface area contributed by atoms with Crippen LogP contribution in [0.3, 0.4) is 0 Å². The van der Waals surface area contributed by atoms with E-state index in [1.165, 1.54) is 18.2 Å². The standard InChI is InChI=1S/C10H8F3N3O/c11-10(12,13)4-17-5-1-2-6-7(3-5)9(15)16-8(6)14/h1-3H,4H2,(H3,14,15,16). The van der Waals surface area contributed by atoms with Crippen LogP contribution in [0.5, 0.6) is 5.75 Å². The van der Waals surface area contributed by atoms with Crippen LogP contribution in [-0.4, -0.2) is 24.5 Å². The van der Waals surface area contributed by atoms with Gasteiger partial charge in [0.25, 0.3) is 0 Å². The number of alkyl halides is 3. The molecule has 0 amide bonds. The summed E-state index contributed by atoms with van der Waals surface area (Å²) in [5.74, 6) is 0.163. The summed E-state index contributed by atoms with van der Waals surface area (Å²) in [6, 6.07) is 4.17. The van der Waals surface area contributed by atoms with E-state index in [0.29, 0.717) is 11.1 Å². The van der Waals surface area contributed by atoms with Crippen LogP contribution in [0.4, 0.5) is 13.2 Å². The van der Waals surface area contributed by atoms with Crippen molar-refractivity contribution in [1.82, 2.24) is 0 Å². The molecule has 1 aliphatic rings. The smallest absolute Gasteiger partial charge is 0.422 e. The molecule has 2 rings (SSSR count). The van der Waals surface area contributed by atoms with Gasteiger partial charge in [0, 0.05) is 11.1 Å². The zero-order valence-electron chi connectivity index (χ0n) is 8.51. The Morgan fingerprint density at radius 2 is 2.00 bits per heavy atom. The molecule has 90 valence electrons. The Morgan fingerprint density at radius 1 is 1.29 bits per heavy atom. The van der Waals surface area contributed by atoms with E-state index in [1.54, 1.807) is 0 Å². The van der Waals surface area contributed by atoms with E-state index in [0.717, 1.165) is 0 Å². The average Bonchev–Trinajstić information content (AvgIpc) is 2.51. The van der Waals surface area contributed by atoms with Gasteiger partial charge in [-0.25, -0.2) is 4.99 Å². The van der Waals surface area contributed by atoms with Gasteiger partial charge in [-0.1, -0.05) is 0 Å². The molecule has 0 atom stereocenters. The molecule has 0 aromatic heterocycles. The second-order valence-electron chi connectivity index (χ2n) is 3.46. The Morgan fingerprint density at radius 3 is 2.65 bits per heavy atom. The van der Waals surface area contributed by atoms with E-state index in [1.807, 2.05) is 0 Å². The molecule has 7 heteroatoms. The number of nitrogens with one attached hydrogen (secondary N) is 1. The molecule has 0 radical (unpaired) electrons. The summed E-state index contributed by atoms with van der Waals surface area (Å²) in [6.45, 7) is -1.36. The van der Waals surface area contributed by atoms with Crippen LogP contribution < -0.4 is 10.5 Å². The normalized spacial score (nSPS) is 14.5. The second-order valence-corrected chi connectivity index (χ2v) is 3.46. The molecule has 1 heterocycles. The highest BCUT2D eigenvalue weighted by atomic mass is 19.4. The van der Waals surface area contributed by atoms with Crippen molar-refractivity contribution in [2.24, 2.45) is 10.7 Å². The summed E-state index contributed by atoms with van der Waals surface area (Å²) in [6.07, 6.45) is -4.38. The lowest BCUT2D eigenvalue weighted by Crippen LogP contribution is -2.19. The first-order chi connectivity index (χ1) is 7.87. The highest BCUT2D eigenvalue weighted by Gasteiger charge is 2.28. The molecule has 0 fully saturated rings. The Labute approximate surface area is 94.4 Å².